The fraction of sp³-hybridized carbons (Fsp3) is 0.588. The Labute approximate surface area is 140 Å². The van der Waals surface area contributed by atoms with Gasteiger partial charge in [0.25, 0.3) is 5.91 Å². The van der Waals surface area contributed by atoms with Gasteiger partial charge in [-0.1, -0.05) is 0 Å². The van der Waals surface area contributed by atoms with Gasteiger partial charge in [-0.2, -0.15) is 0 Å². The molecular weight excluding hydrogens is 310 g/mol. The Hall–Kier alpha value is -2.31. The number of carbonyl (C=O) groups excluding carboxylic acids is 3. The summed E-state index contributed by atoms with van der Waals surface area (Å²) in [6.07, 6.45) is 1.63. The summed E-state index contributed by atoms with van der Waals surface area (Å²) in [4.78, 5) is 41.8. The van der Waals surface area contributed by atoms with Crippen LogP contribution in [0.25, 0.3) is 0 Å². The third kappa shape index (κ3) is 2.57. The molecule has 1 aromatic rings. The highest BCUT2D eigenvalue weighted by Crippen LogP contribution is 2.30. The van der Waals surface area contributed by atoms with Crippen molar-refractivity contribution in [3.05, 3.63) is 22.5 Å². The van der Waals surface area contributed by atoms with Crippen LogP contribution in [0.3, 0.4) is 0 Å². The second kappa shape index (κ2) is 6.30. The molecule has 130 valence electrons. The first-order chi connectivity index (χ1) is 11.5. The van der Waals surface area contributed by atoms with Gasteiger partial charge in [-0.05, 0) is 39.2 Å². The van der Waals surface area contributed by atoms with E-state index in [-0.39, 0.29) is 30.4 Å². The number of nitrogens with one attached hydrogen (secondary N) is 2. The number of likely N-dealkylation sites (tertiary alicyclic amines) is 1. The smallest absolute Gasteiger partial charge is 0.340 e. The summed E-state index contributed by atoms with van der Waals surface area (Å²) in [5.74, 6) is -0.665. The van der Waals surface area contributed by atoms with E-state index < -0.39 is 5.97 Å². The number of aromatic amines is 1. The van der Waals surface area contributed by atoms with Crippen molar-refractivity contribution < 1.29 is 19.1 Å². The molecule has 2 aliphatic heterocycles. The molecule has 2 fully saturated rings. The Bertz CT molecular complexity index is 694. The van der Waals surface area contributed by atoms with Crippen molar-refractivity contribution in [1.82, 2.24) is 15.2 Å². The highest BCUT2D eigenvalue weighted by molar-refractivity contribution is 6.01. The van der Waals surface area contributed by atoms with Crippen LogP contribution in [0.4, 0.5) is 0 Å². The zero-order valence-corrected chi connectivity index (χ0v) is 14.3. The third-order valence-electron chi connectivity index (χ3n) is 4.99. The Morgan fingerprint density at radius 2 is 2.08 bits per heavy atom. The van der Waals surface area contributed by atoms with Crippen molar-refractivity contribution >= 4 is 17.8 Å². The molecule has 2 N–H and O–H groups in total. The summed E-state index contributed by atoms with van der Waals surface area (Å²) in [7, 11) is 0. The van der Waals surface area contributed by atoms with Crippen LogP contribution in [-0.2, 0) is 9.53 Å². The van der Waals surface area contributed by atoms with Crippen molar-refractivity contribution in [2.24, 2.45) is 5.92 Å². The maximum atomic E-state index is 13.0. The number of hydrogen-bond donors (Lipinski definition) is 2. The van der Waals surface area contributed by atoms with Crippen LogP contribution < -0.4 is 5.32 Å². The number of amides is 2. The average molecular weight is 333 g/mol. The number of hydrogen-bond acceptors (Lipinski definition) is 4. The standard InChI is InChI=1S/C17H23N3O4/c1-4-24-17(23)13-9(2)14(19-10(13)3)16(22)20-7-5-6-11-12(20)8-18-15(11)21/h11-12,19H,4-8H2,1-3H3,(H,18,21)/t11-,12-/m1/s1. The molecule has 2 saturated heterocycles. The number of esters is 1. The molecule has 2 amide bonds. The highest BCUT2D eigenvalue weighted by Gasteiger charge is 2.43. The van der Waals surface area contributed by atoms with Crippen molar-refractivity contribution in [2.45, 2.75) is 39.7 Å². The zero-order chi connectivity index (χ0) is 17.4. The number of aromatic nitrogens is 1. The quantitative estimate of drug-likeness (QED) is 0.812. The van der Waals surface area contributed by atoms with Gasteiger partial charge in [0.2, 0.25) is 5.91 Å². The van der Waals surface area contributed by atoms with Crippen molar-refractivity contribution in [2.75, 3.05) is 19.7 Å². The Kier molecular flexibility index (Phi) is 4.34. The van der Waals surface area contributed by atoms with Gasteiger partial charge in [-0.15, -0.1) is 0 Å². The van der Waals surface area contributed by atoms with Crippen LogP contribution in [-0.4, -0.2) is 53.4 Å². The molecule has 3 rings (SSSR count). The molecule has 0 radical (unpaired) electrons. The van der Waals surface area contributed by atoms with Gasteiger partial charge in [0.1, 0.15) is 5.69 Å². The number of rotatable bonds is 3. The van der Waals surface area contributed by atoms with E-state index in [2.05, 4.69) is 10.3 Å². The monoisotopic (exact) mass is 333 g/mol. The first kappa shape index (κ1) is 16.5. The fourth-order valence-electron chi connectivity index (χ4n) is 3.82. The molecule has 2 atom stereocenters. The van der Waals surface area contributed by atoms with E-state index in [1.165, 1.54) is 0 Å². The maximum Gasteiger partial charge on any atom is 0.340 e. The summed E-state index contributed by atoms with van der Waals surface area (Å²) >= 11 is 0. The minimum absolute atomic E-state index is 0.0316. The lowest BCUT2D eigenvalue weighted by molar-refractivity contribution is -0.123. The number of fused-ring (bicyclic) bond motifs is 1. The molecule has 0 aliphatic carbocycles. The van der Waals surface area contributed by atoms with Crippen molar-refractivity contribution in [3.8, 4) is 0 Å². The molecule has 0 bridgehead atoms. The minimum Gasteiger partial charge on any atom is -0.462 e. The van der Waals surface area contributed by atoms with Gasteiger partial charge in [0, 0.05) is 18.8 Å². The Morgan fingerprint density at radius 3 is 2.79 bits per heavy atom. The first-order valence-electron chi connectivity index (χ1n) is 8.40. The lowest BCUT2D eigenvalue weighted by atomic mass is 9.91. The van der Waals surface area contributed by atoms with Crippen LogP contribution >= 0.6 is 0 Å². The van der Waals surface area contributed by atoms with Crippen molar-refractivity contribution in [3.63, 3.8) is 0 Å². The molecule has 0 spiro atoms. The number of ether oxygens (including phenoxy) is 1. The number of nitrogens with zero attached hydrogens (tertiary/aromatic N) is 1. The van der Waals surface area contributed by atoms with Crippen molar-refractivity contribution in [1.29, 1.82) is 0 Å². The maximum absolute atomic E-state index is 13.0. The number of H-pyrrole nitrogens is 1. The lowest BCUT2D eigenvalue weighted by Crippen LogP contribution is -2.49. The second-order valence-corrected chi connectivity index (χ2v) is 6.41. The molecular formula is C17H23N3O4. The molecule has 7 nitrogen and oxygen atoms in total. The Morgan fingerprint density at radius 1 is 1.33 bits per heavy atom. The first-order valence-corrected chi connectivity index (χ1v) is 8.40. The summed E-state index contributed by atoms with van der Waals surface area (Å²) < 4.78 is 5.07. The molecule has 7 heteroatoms. The van der Waals surface area contributed by atoms with E-state index in [0.29, 0.717) is 35.6 Å². The van der Waals surface area contributed by atoms with Gasteiger partial charge >= 0.3 is 5.97 Å². The topological polar surface area (TPSA) is 91.5 Å². The molecule has 0 saturated carbocycles. The molecule has 1 aromatic heterocycles. The van der Waals surface area contributed by atoms with Crippen LogP contribution in [0.15, 0.2) is 0 Å². The third-order valence-corrected chi connectivity index (χ3v) is 4.99. The molecule has 3 heterocycles. The largest absolute Gasteiger partial charge is 0.462 e. The van der Waals surface area contributed by atoms with Gasteiger partial charge in [-0.3, -0.25) is 9.59 Å². The van der Waals surface area contributed by atoms with Crippen LogP contribution in [0.1, 0.15) is 51.9 Å². The van der Waals surface area contributed by atoms with Gasteiger partial charge in [0.05, 0.1) is 24.1 Å². The van der Waals surface area contributed by atoms with E-state index in [9.17, 15) is 14.4 Å². The number of carbonyl (C=O) groups is 3. The predicted molar refractivity (Wildman–Crippen MR) is 86.8 cm³/mol. The van der Waals surface area contributed by atoms with E-state index in [1.54, 1.807) is 25.7 Å². The molecule has 0 aromatic carbocycles. The summed E-state index contributed by atoms with van der Waals surface area (Å²) in [6.45, 7) is 6.67. The molecule has 24 heavy (non-hydrogen) atoms. The number of aryl methyl sites for hydroxylation is 1. The van der Waals surface area contributed by atoms with Crippen LogP contribution in [0.5, 0.6) is 0 Å². The summed E-state index contributed by atoms with van der Waals surface area (Å²) in [5, 5.41) is 2.85. The zero-order valence-electron chi connectivity index (χ0n) is 14.3. The van der Waals surface area contributed by atoms with Gasteiger partial charge in [-0.25, -0.2) is 4.79 Å². The normalized spacial score (nSPS) is 23.0. The minimum atomic E-state index is -0.419. The van der Waals surface area contributed by atoms with E-state index >= 15 is 0 Å². The van der Waals surface area contributed by atoms with E-state index in [4.69, 9.17) is 4.74 Å². The SMILES string of the molecule is CCOC(=O)c1c(C)[nH]c(C(=O)N2CCC[C@H]3C(=O)NC[C@H]32)c1C. The highest BCUT2D eigenvalue weighted by atomic mass is 16.5. The molecule has 2 aliphatic rings. The van der Waals surface area contributed by atoms with E-state index in [1.807, 2.05) is 0 Å². The Balaban J connectivity index is 1.89. The molecule has 0 unspecified atom stereocenters. The fourth-order valence-corrected chi connectivity index (χ4v) is 3.82. The van der Waals surface area contributed by atoms with Gasteiger partial charge < -0.3 is 19.9 Å². The lowest BCUT2D eigenvalue weighted by Gasteiger charge is -2.35. The van der Waals surface area contributed by atoms with Crippen LogP contribution in [0, 0.1) is 19.8 Å². The predicted octanol–water partition coefficient (Wildman–Crippen LogP) is 1.16. The van der Waals surface area contributed by atoms with E-state index in [0.717, 1.165) is 12.8 Å². The second-order valence-electron chi connectivity index (χ2n) is 6.41. The van der Waals surface area contributed by atoms with Gasteiger partial charge in [0.15, 0.2) is 0 Å². The van der Waals surface area contributed by atoms with Crippen LogP contribution in [0.2, 0.25) is 0 Å². The summed E-state index contributed by atoms with van der Waals surface area (Å²) in [6, 6.07) is -0.104. The summed E-state index contributed by atoms with van der Waals surface area (Å²) in [5.41, 5.74) is 2.07. The average Bonchev–Trinajstić information content (AvgIpc) is 3.07. The number of piperidine rings is 1.